The van der Waals surface area contributed by atoms with Crippen molar-refractivity contribution < 1.29 is 19.1 Å². The lowest BCUT2D eigenvalue weighted by Gasteiger charge is -2.44. The Morgan fingerprint density at radius 1 is 1.18 bits per heavy atom. The molecule has 0 aliphatic carbocycles. The van der Waals surface area contributed by atoms with Crippen LogP contribution in [0.2, 0.25) is 0 Å². The van der Waals surface area contributed by atoms with Gasteiger partial charge in [0.05, 0.1) is 13.2 Å². The second-order valence-electron chi connectivity index (χ2n) is 7.76. The third-order valence-corrected chi connectivity index (χ3v) is 6.17. The summed E-state index contributed by atoms with van der Waals surface area (Å²) in [5.41, 5.74) is 0.102. The summed E-state index contributed by atoms with van der Waals surface area (Å²) in [5, 5.41) is 2.48. The van der Waals surface area contributed by atoms with Crippen LogP contribution in [-0.4, -0.2) is 84.0 Å². The molecule has 1 aromatic carbocycles. The van der Waals surface area contributed by atoms with Crippen LogP contribution in [0.5, 0.6) is 0 Å². The highest BCUT2D eigenvalue weighted by Crippen LogP contribution is 2.35. The summed E-state index contributed by atoms with van der Waals surface area (Å²) in [6, 6.07) is 9.02. The number of piperidine rings is 1. The number of carbonyl (C=O) groups excluding carboxylic acids is 3. The maximum atomic E-state index is 12.9. The summed E-state index contributed by atoms with van der Waals surface area (Å²) in [5.74, 6) is -0.213. The summed E-state index contributed by atoms with van der Waals surface area (Å²) in [6.45, 7) is 3.06. The van der Waals surface area contributed by atoms with Gasteiger partial charge < -0.3 is 14.5 Å². The number of likely N-dealkylation sites (tertiary alicyclic amines) is 1. The number of benzene rings is 1. The zero-order valence-electron chi connectivity index (χ0n) is 16.1. The quantitative estimate of drug-likeness (QED) is 0.762. The number of carbonyl (C=O) groups is 3. The van der Waals surface area contributed by atoms with E-state index in [4.69, 9.17) is 4.74 Å². The number of amides is 4. The Kier molecular flexibility index (Phi) is 5.07. The predicted octanol–water partition coefficient (Wildman–Crippen LogP) is 0.430. The molecule has 3 aliphatic heterocycles. The van der Waals surface area contributed by atoms with Crippen molar-refractivity contribution in [1.29, 1.82) is 0 Å². The van der Waals surface area contributed by atoms with Crippen molar-refractivity contribution >= 4 is 17.8 Å². The molecule has 8 nitrogen and oxygen atoms in total. The molecule has 1 N–H and O–H groups in total. The van der Waals surface area contributed by atoms with E-state index >= 15 is 0 Å². The first-order valence-corrected chi connectivity index (χ1v) is 9.75. The van der Waals surface area contributed by atoms with Crippen LogP contribution in [0.25, 0.3) is 0 Å². The van der Waals surface area contributed by atoms with Gasteiger partial charge in [-0.3, -0.25) is 19.8 Å². The van der Waals surface area contributed by atoms with Gasteiger partial charge in [-0.1, -0.05) is 30.3 Å². The monoisotopic (exact) mass is 386 g/mol. The van der Waals surface area contributed by atoms with E-state index in [-0.39, 0.29) is 23.9 Å². The lowest BCUT2D eigenvalue weighted by atomic mass is 9.85. The summed E-state index contributed by atoms with van der Waals surface area (Å²) < 4.78 is 5.47. The third kappa shape index (κ3) is 3.27. The second kappa shape index (κ2) is 7.52. The summed E-state index contributed by atoms with van der Waals surface area (Å²) in [7, 11) is 1.93. The predicted molar refractivity (Wildman–Crippen MR) is 101 cm³/mol. The number of imide groups is 1. The van der Waals surface area contributed by atoms with Gasteiger partial charge in [0.1, 0.15) is 11.6 Å². The molecular formula is C20H26N4O4. The highest BCUT2D eigenvalue weighted by atomic mass is 16.5. The maximum Gasteiger partial charge on any atom is 0.325 e. The van der Waals surface area contributed by atoms with Gasteiger partial charge in [-0.25, -0.2) is 4.79 Å². The van der Waals surface area contributed by atoms with Crippen LogP contribution >= 0.6 is 0 Å². The molecule has 4 rings (SSSR count). The van der Waals surface area contributed by atoms with E-state index in [2.05, 4.69) is 5.32 Å². The summed E-state index contributed by atoms with van der Waals surface area (Å²) in [4.78, 5) is 43.5. The van der Waals surface area contributed by atoms with Crippen LogP contribution in [0, 0.1) is 0 Å². The SMILES string of the molecule is CN1CCOC[C@H]1C(=O)N1CCC2(CC1)C(=O)NC(=O)N2Cc1ccccc1. The van der Waals surface area contributed by atoms with Gasteiger partial charge in [0.2, 0.25) is 5.91 Å². The number of morpholine rings is 1. The number of rotatable bonds is 3. The summed E-state index contributed by atoms with van der Waals surface area (Å²) in [6.07, 6.45) is 0.890. The van der Waals surface area contributed by atoms with E-state index in [0.29, 0.717) is 45.7 Å². The minimum absolute atomic E-state index is 0.0383. The smallest absolute Gasteiger partial charge is 0.325 e. The van der Waals surface area contributed by atoms with Gasteiger partial charge in [-0.2, -0.15) is 0 Å². The minimum Gasteiger partial charge on any atom is -0.378 e. The molecule has 0 saturated carbocycles. The first-order chi connectivity index (χ1) is 13.5. The Hall–Kier alpha value is -2.45. The van der Waals surface area contributed by atoms with Crippen molar-refractivity contribution in [2.75, 3.05) is 39.9 Å². The number of nitrogens with one attached hydrogen (secondary N) is 1. The van der Waals surface area contributed by atoms with Gasteiger partial charge in [0.15, 0.2) is 0 Å². The molecule has 3 heterocycles. The molecule has 3 aliphatic rings. The molecule has 0 bridgehead atoms. The van der Waals surface area contributed by atoms with E-state index in [1.165, 1.54) is 0 Å². The molecule has 3 saturated heterocycles. The van der Waals surface area contributed by atoms with Crippen LogP contribution in [0.1, 0.15) is 18.4 Å². The zero-order valence-corrected chi connectivity index (χ0v) is 16.1. The second-order valence-corrected chi connectivity index (χ2v) is 7.76. The maximum absolute atomic E-state index is 12.9. The highest BCUT2D eigenvalue weighted by Gasteiger charge is 2.54. The number of ether oxygens (including phenoxy) is 1. The van der Waals surface area contributed by atoms with Gasteiger partial charge in [-0.05, 0) is 25.5 Å². The van der Waals surface area contributed by atoms with E-state index < -0.39 is 5.54 Å². The first-order valence-electron chi connectivity index (χ1n) is 9.75. The fraction of sp³-hybridized carbons (Fsp3) is 0.550. The Morgan fingerprint density at radius 2 is 1.89 bits per heavy atom. The topological polar surface area (TPSA) is 82.2 Å². The molecule has 150 valence electrons. The van der Waals surface area contributed by atoms with E-state index in [1.807, 2.05) is 42.3 Å². The minimum atomic E-state index is -0.876. The van der Waals surface area contributed by atoms with Crippen LogP contribution in [0.15, 0.2) is 30.3 Å². The largest absolute Gasteiger partial charge is 0.378 e. The molecule has 0 unspecified atom stereocenters. The lowest BCUT2D eigenvalue weighted by molar-refractivity contribution is -0.146. The number of nitrogens with zero attached hydrogens (tertiary/aromatic N) is 3. The molecule has 8 heteroatoms. The van der Waals surface area contributed by atoms with Crippen LogP contribution in [0.4, 0.5) is 4.79 Å². The number of hydrogen-bond acceptors (Lipinski definition) is 5. The number of urea groups is 1. The average molecular weight is 386 g/mol. The van der Waals surface area contributed by atoms with Gasteiger partial charge in [0, 0.05) is 26.2 Å². The Morgan fingerprint density at radius 3 is 2.57 bits per heavy atom. The van der Waals surface area contributed by atoms with Gasteiger partial charge in [-0.15, -0.1) is 0 Å². The Labute approximate surface area is 164 Å². The van der Waals surface area contributed by atoms with E-state index in [9.17, 15) is 14.4 Å². The lowest BCUT2D eigenvalue weighted by Crippen LogP contribution is -2.60. The van der Waals surface area contributed by atoms with Crippen LogP contribution in [0.3, 0.4) is 0 Å². The standard InChI is InChI=1S/C20H26N4O4/c1-22-11-12-28-14-16(22)17(25)23-9-7-20(8-10-23)18(26)21-19(27)24(20)13-15-5-3-2-4-6-15/h2-6,16H,7-14H2,1H3,(H,21,26,27)/t16-/m0/s1. The molecule has 3 fully saturated rings. The normalized spacial score (nSPS) is 25.2. The Bertz CT molecular complexity index is 761. The molecule has 28 heavy (non-hydrogen) atoms. The zero-order chi connectivity index (χ0) is 19.7. The first kappa shape index (κ1) is 18.9. The molecule has 4 amide bonds. The fourth-order valence-corrected chi connectivity index (χ4v) is 4.34. The summed E-state index contributed by atoms with van der Waals surface area (Å²) >= 11 is 0. The van der Waals surface area contributed by atoms with Gasteiger partial charge in [0.25, 0.3) is 5.91 Å². The van der Waals surface area contributed by atoms with Crippen molar-refractivity contribution in [1.82, 2.24) is 20.0 Å². The molecule has 1 spiro atoms. The number of hydrogen-bond donors (Lipinski definition) is 1. The van der Waals surface area contributed by atoms with Crippen molar-refractivity contribution in [3.8, 4) is 0 Å². The van der Waals surface area contributed by atoms with Gasteiger partial charge >= 0.3 is 6.03 Å². The number of likely N-dealkylation sites (N-methyl/N-ethyl adjacent to an activating group) is 1. The average Bonchev–Trinajstić information content (AvgIpc) is 2.93. The van der Waals surface area contributed by atoms with E-state index in [1.54, 1.807) is 9.80 Å². The molecule has 1 aromatic rings. The molecule has 0 aromatic heterocycles. The van der Waals surface area contributed by atoms with Crippen molar-refractivity contribution in [2.45, 2.75) is 31.0 Å². The van der Waals surface area contributed by atoms with Crippen LogP contribution in [-0.2, 0) is 20.9 Å². The van der Waals surface area contributed by atoms with Crippen LogP contribution < -0.4 is 5.32 Å². The molecule has 0 radical (unpaired) electrons. The van der Waals surface area contributed by atoms with Crippen molar-refractivity contribution in [2.24, 2.45) is 0 Å². The van der Waals surface area contributed by atoms with E-state index in [0.717, 1.165) is 12.1 Å². The fourth-order valence-electron chi connectivity index (χ4n) is 4.34. The molecular weight excluding hydrogens is 360 g/mol. The van der Waals surface area contributed by atoms with Crippen molar-refractivity contribution in [3.63, 3.8) is 0 Å². The Balaban J connectivity index is 1.47. The third-order valence-electron chi connectivity index (χ3n) is 6.17. The molecule has 1 atom stereocenters. The van der Waals surface area contributed by atoms with Crippen molar-refractivity contribution in [3.05, 3.63) is 35.9 Å². The highest BCUT2D eigenvalue weighted by molar-refractivity contribution is 6.07.